The van der Waals surface area contributed by atoms with Crippen molar-refractivity contribution in [3.8, 4) is 0 Å². The van der Waals surface area contributed by atoms with E-state index in [-0.39, 0.29) is 9.52 Å². The van der Waals surface area contributed by atoms with Gasteiger partial charge in [-0.1, -0.05) is 34.8 Å². The van der Waals surface area contributed by atoms with Crippen molar-refractivity contribution in [3.63, 3.8) is 0 Å². The van der Waals surface area contributed by atoms with E-state index in [1.807, 2.05) is 0 Å². The van der Waals surface area contributed by atoms with Crippen LogP contribution in [0.15, 0.2) is 21.9 Å². The van der Waals surface area contributed by atoms with E-state index in [0.717, 1.165) is 6.08 Å². The fraction of sp³-hybridized carbons (Fsp3) is 0. The molecule has 0 bridgehead atoms. The Hall–Kier alpha value is 0.300. The Kier molecular flexibility index (Phi) is 5.25. The molecule has 4 nitrogen and oxygen atoms in total. The van der Waals surface area contributed by atoms with Gasteiger partial charge in [-0.15, -0.1) is 0 Å². The Morgan fingerprint density at radius 1 is 1.33 bits per heavy atom. The fourth-order valence-corrected chi connectivity index (χ4v) is 1.07. The van der Waals surface area contributed by atoms with Crippen LogP contribution in [0.2, 0.25) is 0 Å². The largest absolute Gasteiger partial charge is 0.524 e. The monoisotopic (exact) mass is 252 g/mol. The van der Waals surface area contributed by atoms with Gasteiger partial charge in [-0.3, -0.25) is 9.79 Å². The minimum absolute atomic E-state index is 0.127. The maximum atomic E-state index is 10.1. The lowest BCUT2D eigenvalue weighted by molar-refractivity contribution is 0.258. The van der Waals surface area contributed by atoms with Crippen molar-refractivity contribution in [2.45, 2.75) is 0 Å². The minimum Gasteiger partial charge on any atom is -0.411 e. The van der Waals surface area contributed by atoms with E-state index in [9.17, 15) is 4.57 Å². The summed E-state index contributed by atoms with van der Waals surface area (Å²) in [7, 11) is -4.54. The quantitative estimate of drug-likeness (QED) is 0.461. The lowest BCUT2D eigenvalue weighted by Crippen LogP contribution is -1.79. The van der Waals surface area contributed by atoms with E-state index in [1.165, 1.54) is 0 Å². The molecular weight excluding hydrogens is 249 g/mol. The highest BCUT2D eigenvalue weighted by Crippen LogP contribution is 2.36. The van der Waals surface area contributed by atoms with Gasteiger partial charge in [0.15, 0.2) is 0 Å². The SMILES string of the molecule is O=P(O)(O)OC=C(Cl)C=C(Cl)Cl. The van der Waals surface area contributed by atoms with Gasteiger partial charge in [0.05, 0.1) is 5.03 Å². The van der Waals surface area contributed by atoms with Crippen molar-refractivity contribution in [1.29, 1.82) is 0 Å². The van der Waals surface area contributed by atoms with Crippen LogP contribution in [0.4, 0.5) is 0 Å². The molecule has 0 fully saturated rings. The molecule has 70 valence electrons. The van der Waals surface area contributed by atoms with Gasteiger partial charge in [0.2, 0.25) is 0 Å². The van der Waals surface area contributed by atoms with E-state index in [2.05, 4.69) is 4.52 Å². The van der Waals surface area contributed by atoms with E-state index in [0.29, 0.717) is 6.26 Å². The number of hydrogen-bond donors (Lipinski definition) is 2. The van der Waals surface area contributed by atoms with Crippen LogP contribution in [0, 0.1) is 0 Å². The molecule has 0 atom stereocenters. The predicted molar refractivity (Wildman–Crippen MR) is 46.9 cm³/mol. The third kappa shape index (κ3) is 8.40. The van der Waals surface area contributed by atoms with Crippen molar-refractivity contribution >= 4 is 42.6 Å². The van der Waals surface area contributed by atoms with Crippen LogP contribution in [0.5, 0.6) is 0 Å². The van der Waals surface area contributed by atoms with Crippen molar-refractivity contribution in [2.75, 3.05) is 0 Å². The van der Waals surface area contributed by atoms with Crippen molar-refractivity contribution in [2.24, 2.45) is 0 Å². The second-order valence-electron chi connectivity index (χ2n) is 1.53. The van der Waals surface area contributed by atoms with Gasteiger partial charge < -0.3 is 4.52 Å². The van der Waals surface area contributed by atoms with Crippen molar-refractivity contribution in [3.05, 3.63) is 21.9 Å². The molecule has 0 heterocycles. The Morgan fingerprint density at radius 3 is 2.17 bits per heavy atom. The Labute approximate surface area is 83.6 Å². The molecule has 0 rings (SSSR count). The first-order chi connectivity index (χ1) is 5.31. The van der Waals surface area contributed by atoms with E-state index in [4.69, 9.17) is 44.6 Å². The van der Waals surface area contributed by atoms with Gasteiger partial charge in [-0.2, -0.15) is 0 Å². The lowest BCUT2D eigenvalue weighted by atomic mass is 10.6. The van der Waals surface area contributed by atoms with Crippen LogP contribution < -0.4 is 0 Å². The summed E-state index contributed by atoms with van der Waals surface area (Å²) >= 11 is 15.7. The number of hydrogen-bond acceptors (Lipinski definition) is 2. The highest BCUT2D eigenvalue weighted by Gasteiger charge is 2.12. The first kappa shape index (κ1) is 12.3. The molecule has 0 radical (unpaired) electrons. The third-order valence-electron chi connectivity index (χ3n) is 0.550. The molecule has 0 aromatic heterocycles. The minimum atomic E-state index is -4.54. The lowest BCUT2D eigenvalue weighted by Gasteiger charge is -1.99. The predicted octanol–water partition coefficient (Wildman–Crippen LogP) is 2.49. The number of phosphoric acid groups is 1. The zero-order valence-electron chi connectivity index (χ0n) is 5.45. The molecule has 0 saturated carbocycles. The zero-order chi connectivity index (χ0) is 9.78. The molecule has 0 aliphatic rings. The Balaban J connectivity index is 4.21. The van der Waals surface area contributed by atoms with E-state index in [1.54, 1.807) is 0 Å². The summed E-state index contributed by atoms with van der Waals surface area (Å²) in [6, 6.07) is 0. The van der Waals surface area contributed by atoms with Gasteiger partial charge in [0, 0.05) is 0 Å². The van der Waals surface area contributed by atoms with Crippen LogP contribution in [0.1, 0.15) is 0 Å². The maximum absolute atomic E-state index is 10.1. The molecular formula is C4H4Cl3O4P. The van der Waals surface area contributed by atoms with Crippen LogP contribution in [-0.4, -0.2) is 9.79 Å². The molecule has 0 aliphatic carbocycles. The summed E-state index contributed by atoms with van der Waals surface area (Å²) in [5, 5.41) is -0.127. The molecule has 2 N–H and O–H groups in total. The summed E-state index contributed by atoms with van der Waals surface area (Å²) in [6.07, 6.45) is 1.70. The van der Waals surface area contributed by atoms with Crippen molar-refractivity contribution < 1.29 is 18.9 Å². The number of phosphoric ester groups is 1. The number of rotatable bonds is 3. The highest BCUT2D eigenvalue weighted by molar-refractivity contribution is 7.46. The molecule has 8 heteroatoms. The van der Waals surface area contributed by atoms with Gasteiger partial charge in [0.25, 0.3) is 0 Å². The standard InChI is InChI=1S/C4H4Cl3O4P/c5-3(1-4(6)7)2-11-12(8,9)10/h1-2H,(H2,8,9,10). The van der Waals surface area contributed by atoms with Gasteiger partial charge in [-0.25, -0.2) is 4.57 Å². The van der Waals surface area contributed by atoms with Crippen LogP contribution in [0.25, 0.3) is 0 Å². The second-order valence-corrected chi connectivity index (χ2v) is 4.17. The molecule has 0 unspecified atom stereocenters. The van der Waals surface area contributed by atoms with Crippen LogP contribution >= 0.6 is 42.6 Å². The molecule has 0 spiro atoms. The Bertz CT molecular complexity index is 251. The summed E-state index contributed by atoms with van der Waals surface area (Å²) in [4.78, 5) is 16.4. The smallest absolute Gasteiger partial charge is 0.411 e. The number of halogens is 3. The second kappa shape index (κ2) is 5.12. The average Bonchev–Trinajstić information content (AvgIpc) is 1.80. The van der Waals surface area contributed by atoms with Crippen molar-refractivity contribution in [1.82, 2.24) is 0 Å². The molecule has 0 aromatic carbocycles. The molecule has 0 aliphatic heterocycles. The van der Waals surface area contributed by atoms with Crippen LogP contribution in [-0.2, 0) is 9.09 Å². The fourth-order valence-electron chi connectivity index (χ4n) is 0.257. The van der Waals surface area contributed by atoms with E-state index >= 15 is 0 Å². The highest BCUT2D eigenvalue weighted by atomic mass is 35.5. The summed E-state index contributed by atoms with van der Waals surface area (Å²) in [6.45, 7) is 0. The topological polar surface area (TPSA) is 66.8 Å². The zero-order valence-corrected chi connectivity index (χ0v) is 8.61. The molecule has 0 aromatic rings. The normalized spacial score (nSPS) is 12.6. The average molecular weight is 253 g/mol. The Morgan fingerprint density at radius 2 is 1.83 bits per heavy atom. The first-order valence-electron chi connectivity index (χ1n) is 2.43. The molecule has 12 heavy (non-hydrogen) atoms. The van der Waals surface area contributed by atoms with E-state index < -0.39 is 7.82 Å². The first-order valence-corrected chi connectivity index (χ1v) is 5.10. The molecule has 0 amide bonds. The summed E-state index contributed by atoms with van der Waals surface area (Å²) < 4.78 is 13.9. The van der Waals surface area contributed by atoms with Gasteiger partial charge in [-0.05, 0) is 6.08 Å². The third-order valence-corrected chi connectivity index (χ3v) is 1.35. The summed E-state index contributed by atoms with van der Waals surface area (Å²) in [5.74, 6) is 0. The van der Waals surface area contributed by atoms with Gasteiger partial charge >= 0.3 is 7.82 Å². The number of allylic oxidation sites excluding steroid dienone is 2. The van der Waals surface area contributed by atoms with Crippen LogP contribution in [0.3, 0.4) is 0 Å². The molecule has 0 saturated heterocycles. The summed E-state index contributed by atoms with van der Waals surface area (Å²) in [5.41, 5.74) is 0. The maximum Gasteiger partial charge on any atom is 0.524 e. The van der Waals surface area contributed by atoms with Gasteiger partial charge in [0.1, 0.15) is 10.8 Å².